The minimum Gasteiger partial charge on any atom is -0.496 e. The second kappa shape index (κ2) is 7.30. The minimum absolute atomic E-state index is 0.128. The summed E-state index contributed by atoms with van der Waals surface area (Å²) in [5.74, 6) is 0.405. The van der Waals surface area contributed by atoms with Gasteiger partial charge in [0.25, 0.3) is 0 Å². The molecule has 122 valence electrons. The topological polar surface area (TPSA) is 24.5 Å². The van der Waals surface area contributed by atoms with Gasteiger partial charge in [0.05, 0.1) is 13.2 Å². The Morgan fingerprint density at radius 2 is 1.87 bits per heavy atom. The largest absolute Gasteiger partial charge is 0.496 e. The number of benzene rings is 2. The van der Waals surface area contributed by atoms with Crippen LogP contribution in [0.15, 0.2) is 42.5 Å². The highest BCUT2D eigenvalue weighted by atomic mass is 35.5. The molecular formula is C18H20ClFN2O. The molecule has 0 radical (unpaired) electrons. The van der Waals surface area contributed by atoms with Crippen molar-refractivity contribution in [2.24, 2.45) is 0 Å². The molecule has 2 aromatic rings. The number of ether oxygens (including phenoxy) is 1. The van der Waals surface area contributed by atoms with Gasteiger partial charge in [0.1, 0.15) is 11.6 Å². The first-order chi connectivity index (χ1) is 11.2. The predicted molar refractivity (Wildman–Crippen MR) is 90.7 cm³/mol. The van der Waals surface area contributed by atoms with Crippen LogP contribution < -0.4 is 10.1 Å². The van der Waals surface area contributed by atoms with Gasteiger partial charge in [0.15, 0.2) is 0 Å². The minimum atomic E-state index is -0.270. The fraction of sp³-hybridized carbons (Fsp3) is 0.333. The van der Waals surface area contributed by atoms with Crippen LogP contribution in [0, 0.1) is 5.82 Å². The Morgan fingerprint density at radius 3 is 2.57 bits per heavy atom. The molecule has 1 aliphatic rings. The summed E-state index contributed by atoms with van der Waals surface area (Å²) in [4.78, 5) is 2.31. The van der Waals surface area contributed by atoms with Crippen LogP contribution >= 0.6 is 11.6 Å². The van der Waals surface area contributed by atoms with E-state index < -0.39 is 0 Å². The average Bonchev–Trinajstić information content (AvgIpc) is 2.58. The second-order valence-electron chi connectivity index (χ2n) is 5.60. The van der Waals surface area contributed by atoms with Crippen LogP contribution in [-0.4, -0.2) is 38.2 Å². The summed E-state index contributed by atoms with van der Waals surface area (Å²) in [6.45, 7) is 3.54. The van der Waals surface area contributed by atoms with Gasteiger partial charge < -0.3 is 10.1 Å². The first-order valence-electron chi connectivity index (χ1n) is 7.73. The quantitative estimate of drug-likeness (QED) is 0.926. The SMILES string of the molecule is COc1ccc(F)cc1C(c1ccccc1Cl)N1CCNCC1. The molecule has 1 heterocycles. The lowest BCUT2D eigenvalue weighted by atomic mass is 9.95. The fourth-order valence-electron chi connectivity index (χ4n) is 3.12. The Balaban J connectivity index is 2.12. The zero-order valence-electron chi connectivity index (χ0n) is 13.1. The molecule has 1 aliphatic heterocycles. The maximum absolute atomic E-state index is 13.9. The molecule has 1 saturated heterocycles. The lowest BCUT2D eigenvalue weighted by Gasteiger charge is -2.36. The van der Waals surface area contributed by atoms with Crippen molar-refractivity contribution in [1.82, 2.24) is 10.2 Å². The van der Waals surface area contributed by atoms with E-state index in [4.69, 9.17) is 16.3 Å². The molecule has 0 saturated carbocycles. The van der Waals surface area contributed by atoms with Crippen LogP contribution in [0.25, 0.3) is 0 Å². The highest BCUT2D eigenvalue weighted by Gasteiger charge is 2.28. The second-order valence-corrected chi connectivity index (χ2v) is 6.00. The summed E-state index contributed by atoms with van der Waals surface area (Å²) in [7, 11) is 1.61. The van der Waals surface area contributed by atoms with Crippen molar-refractivity contribution in [3.05, 3.63) is 64.4 Å². The van der Waals surface area contributed by atoms with E-state index in [1.54, 1.807) is 19.2 Å². The third-order valence-electron chi connectivity index (χ3n) is 4.20. The van der Waals surface area contributed by atoms with Crippen LogP contribution in [0.5, 0.6) is 5.75 Å². The fourth-order valence-corrected chi connectivity index (χ4v) is 3.36. The van der Waals surface area contributed by atoms with Crippen molar-refractivity contribution in [3.63, 3.8) is 0 Å². The molecule has 0 amide bonds. The Labute approximate surface area is 141 Å². The number of nitrogens with zero attached hydrogens (tertiary/aromatic N) is 1. The van der Waals surface area contributed by atoms with Crippen LogP contribution in [-0.2, 0) is 0 Å². The molecule has 3 nitrogen and oxygen atoms in total. The lowest BCUT2D eigenvalue weighted by Crippen LogP contribution is -2.45. The molecule has 5 heteroatoms. The van der Waals surface area contributed by atoms with Crippen LogP contribution in [0.4, 0.5) is 4.39 Å². The maximum atomic E-state index is 13.9. The Kier molecular flexibility index (Phi) is 5.16. The van der Waals surface area contributed by atoms with E-state index in [0.717, 1.165) is 37.3 Å². The van der Waals surface area contributed by atoms with Gasteiger partial charge in [-0.2, -0.15) is 0 Å². The van der Waals surface area contributed by atoms with E-state index in [0.29, 0.717) is 10.8 Å². The molecule has 0 spiro atoms. The zero-order chi connectivity index (χ0) is 16.2. The van der Waals surface area contributed by atoms with Crippen molar-refractivity contribution in [3.8, 4) is 5.75 Å². The van der Waals surface area contributed by atoms with Crippen LogP contribution in [0.1, 0.15) is 17.2 Å². The number of halogens is 2. The lowest BCUT2D eigenvalue weighted by molar-refractivity contribution is 0.195. The molecule has 1 atom stereocenters. The molecule has 2 aromatic carbocycles. The molecule has 0 bridgehead atoms. The smallest absolute Gasteiger partial charge is 0.124 e. The van der Waals surface area contributed by atoms with Crippen LogP contribution in [0.3, 0.4) is 0 Å². The number of piperazine rings is 1. The zero-order valence-corrected chi connectivity index (χ0v) is 13.8. The Morgan fingerprint density at radius 1 is 1.13 bits per heavy atom. The van der Waals surface area contributed by atoms with Gasteiger partial charge >= 0.3 is 0 Å². The van der Waals surface area contributed by atoms with Gasteiger partial charge in [-0.05, 0) is 29.8 Å². The third-order valence-corrected chi connectivity index (χ3v) is 4.55. The number of methoxy groups -OCH3 is 1. The van der Waals surface area contributed by atoms with Crippen LogP contribution in [0.2, 0.25) is 5.02 Å². The number of hydrogen-bond acceptors (Lipinski definition) is 3. The number of nitrogens with one attached hydrogen (secondary N) is 1. The van der Waals surface area contributed by atoms with Gasteiger partial charge in [0.2, 0.25) is 0 Å². The number of rotatable bonds is 4. The summed E-state index contributed by atoms with van der Waals surface area (Å²) >= 11 is 6.45. The first-order valence-corrected chi connectivity index (χ1v) is 8.11. The van der Waals surface area contributed by atoms with E-state index in [1.165, 1.54) is 6.07 Å². The molecule has 1 unspecified atom stereocenters. The predicted octanol–water partition coefficient (Wildman–Crippen LogP) is 3.48. The van der Waals surface area contributed by atoms with Gasteiger partial charge in [-0.25, -0.2) is 4.39 Å². The summed E-state index contributed by atoms with van der Waals surface area (Å²) in [6, 6.07) is 12.3. The van der Waals surface area contributed by atoms with Crippen molar-refractivity contribution >= 4 is 11.6 Å². The molecule has 0 aromatic heterocycles. The van der Waals surface area contributed by atoms with E-state index in [-0.39, 0.29) is 11.9 Å². The molecular weight excluding hydrogens is 315 g/mol. The molecule has 0 aliphatic carbocycles. The monoisotopic (exact) mass is 334 g/mol. The Bertz CT molecular complexity index is 674. The Hall–Kier alpha value is -1.62. The van der Waals surface area contributed by atoms with E-state index in [2.05, 4.69) is 10.2 Å². The van der Waals surface area contributed by atoms with Gasteiger partial charge in [-0.15, -0.1) is 0 Å². The molecule has 1 N–H and O–H groups in total. The normalized spacial score (nSPS) is 17.0. The van der Waals surface area contributed by atoms with Gasteiger partial charge in [0, 0.05) is 36.8 Å². The van der Waals surface area contributed by atoms with Gasteiger partial charge in [-0.3, -0.25) is 4.90 Å². The standard InChI is InChI=1S/C18H20ClFN2O/c1-23-17-7-6-13(20)12-15(17)18(22-10-8-21-9-11-22)14-4-2-3-5-16(14)19/h2-7,12,18,21H,8-11H2,1H3. The average molecular weight is 335 g/mol. The van der Waals surface area contributed by atoms with Crippen molar-refractivity contribution in [2.75, 3.05) is 33.3 Å². The molecule has 3 rings (SSSR count). The highest BCUT2D eigenvalue weighted by Crippen LogP contribution is 2.38. The molecule has 23 heavy (non-hydrogen) atoms. The highest BCUT2D eigenvalue weighted by molar-refractivity contribution is 6.31. The van der Waals surface area contributed by atoms with Crippen molar-refractivity contribution in [1.29, 1.82) is 0 Å². The third kappa shape index (κ3) is 3.50. The van der Waals surface area contributed by atoms with Crippen molar-refractivity contribution in [2.45, 2.75) is 6.04 Å². The van der Waals surface area contributed by atoms with E-state index >= 15 is 0 Å². The first kappa shape index (κ1) is 16.2. The summed E-state index contributed by atoms with van der Waals surface area (Å²) in [6.07, 6.45) is 0. The van der Waals surface area contributed by atoms with Crippen molar-refractivity contribution < 1.29 is 9.13 Å². The summed E-state index contributed by atoms with van der Waals surface area (Å²) < 4.78 is 19.4. The maximum Gasteiger partial charge on any atom is 0.124 e. The summed E-state index contributed by atoms with van der Waals surface area (Å²) in [5, 5.41) is 4.03. The van der Waals surface area contributed by atoms with E-state index in [1.807, 2.05) is 24.3 Å². The van der Waals surface area contributed by atoms with Gasteiger partial charge in [-0.1, -0.05) is 29.8 Å². The summed E-state index contributed by atoms with van der Waals surface area (Å²) in [5.41, 5.74) is 1.78. The molecule has 1 fully saturated rings. The van der Waals surface area contributed by atoms with E-state index in [9.17, 15) is 4.39 Å². The number of hydrogen-bond donors (Lipinski definition) is 1.